The van der Waals surface area contributed by atoms with Crippen molar-refractivity contribution in [1.82, 2.24) is 19.9 Å². The smallest absolute Gasteiger partial charge is 0.303 e. The van der Waals surface area contributed by atoms with Crippen LogP contribution < -0.4 is 0 Å². The molecule has 8 bridgehead atoms. The Hall–Kier alpha value is -5.00. The van der Waals surface area contributed by atoms with Gasteiger partial charge in [-0.25, -0.2) is 0 Å². The monoisotopic (exact) mass is 660 g/mol. The van der Waals surface area contributed by atoms with E-state index in [4.69, 9.17) is 0 Å². The summed E-state index contributed by atoms with van der Waals surface area (Å²) in [4.78, 5) is 60.9. The van der Waals surface area contributed by atoms with Crippen molar-refractivity contribution in [2.24, 2.45) is 0 Å². The first-order valence-corrected chi connectivity index (χ1v) is 16.4. The molecule has 0 aliphatic carbocycles. The van der Waals surface area contributed by atoms with Crippen molar-refractivity contribution in [3.63, 3.8) is 0 Å². The summed E-state index contributed by atoms with van der Waals surface area (Å²) in [7, 11) is 0. The largest absolute Gasteiger partial charge is 0.481 e. The minimum atomic E-state index is -0.889. The van der Waals surface area contributed by atoms with Crippen LogP contribution in [0.1, 0.15) is 116 Å². The summed E-state index contributed by atoms with van der Waals surface area (Å²) in [6, 6.07) is 0. The van der Waals surface area contributed by atoms with Gasteiger partial charge < -0.3 is 40.4 Å². The van der Waals surface area contributed by atoms with Gasteiger partial charge in [-0.3, -0.25) is 19.2 Å². The van der Waals surface area contributed by atoms with Crippen molar-refractivity contribution in [3.05, 3.63) is 90.1 Å². The summed E-state index contributed by atoms with van der Waals surface area (Å²) in [5, 5.41) is 38.1. The number of fused-ring (bicyclic) bond motifs is 8. The van der Waals surface area contributed by atoms with Crippen molar-refractivity contribution < 1.29 is 39.6 Å². The third-order valence-electron chi connectivity index (χ3n) is 10.1. The molecule has 0 unspecified atom stereocenters. The molecule has 4 aromatic rings. The zero-order valence-corrected chi connectivity index (χ0v) is 27.9. The van der Waals surface area contributed by atoms with E-state index in [-0.39, 0.29) is 25.7 Å². The molecule has 48 heavy (non-hydrogen) atoms. The summed E-state index contributed by atoms with van der Waals surface area (Å²) in [6.07, 6.45) is 3.09. The van der Waals surface area contributed by atoms with Crippen LogP contribution in [-0.4, -0.2) is 64.2 Å². The number of carboxylic acids is 4. The normalized spacial score (nSPS) is 12.8. The molecule has 5 rings (SSSR count). The molecule has 4 aromatic heterocycles. The van der Waals surface area contributed by atoms with Gasteiger partial charge in [-0.1, -0.05) is 0 Å². The van der Waals surface area contributed by atoms with Gasteiger partial charge in [-0.2, -0.15) is 0 Å². The topological polar surface area (TPSA) is 212 Å². The highest BCUT2D eigenvalue weighted by atomic mass is 16.4. The first-order valence-electron chi connectivity index (χ1n) is 16.4. The van der Waals surface area contributed by atoms with E-state index in [1.165, 1.54) is 0 Å². The average molecular weight is 661 g/mol. The molecule has 1 aliphatic rings. The van der Waals surface area contributed by atoms with E-state index < -0.39 is 23.9 Å². The highest BCUT2D eigenvalue weighted by molar-refractivity contribution is 5.69. The Labute approximate surface area is 278 Å². The Balaban J connectivity index is 1.71. The maximum absolute atomic E-state index is 11.6. The Kier molecular flexibility index (Phi) is 10.0. The number of hydrogen-bond acceptors (Lipinski definition) is 4. The molecule has 0 aromatic carbocycles. The number of carbonyl (C=O) groups is 4. The summed E-state index contributed by atoms with van der Waals surface area (Å²) < 4.78 is 0. The number of rotatable bonds is 12. The molecule has 8 N–H and O–H groups in total. The van der Waals surface area contributed by atoms with Gasteiger partial charge in [0.15, 0.2) is 0 Å². The highest BCUT2D eigenvalue weighted by Gasteiger charge is 2.25. The van der Waals surface area contributed by atoms with Gasteiger partial charge >= 0.3 is 23.9 Å². The van der Waals surface area contributed by atoms with E-state index in [0.29, 0.717) is 51.4 Å². The maximum atomic E-state index is 11.6. The van der Waals surface area contributed by atoms with Crippen molar-refractivity contribution in [1.29, 1.82) is 0 Å². The predicted octanol–water partition coefficient (Wildman–Crippen LogP) is 4.98. The molecule has 0 fully saturated rings. The summed E-state index contributed by atoms with van der Waals surface area (Å²) in [5.41, 5.74) is 14.8. The van der Waals surface area contributed by atoms with Crippen LogP contribution in [0.3, 0.4) is 0 Å². The lowest BCUT2D eigenvalue weighted by Gasteiger charge is -2.06. The van der Waals surface area contributed by atoms with Crippen LogP contribution in [0.25, 0.3) is 0 Å². The molecule has 0 saturated heterocycles. The molecule has 256 valence electrons. The lowest BCUT2D eigenvalue weighted by Crippen LogP contribution is -2.02. The van der Waals surface area contributed by atoms with Crippen LogP contribution in [0.15, 0.2) is 0 Å². The van der Waals surface area contributed by atoms with Gasteiger partial charge in [0.1, 0.15) is 0 Å². The standard InChI is InChI=1S/C36H44N4O8/c1-17-21(5-9-33(41)42)29-14-26-19(3)23(7-11-35(45)46)31(39-26)16-28-20(4)24(8-12-36(47)48)32(40-28)15-27-18(2)22(6-10-34(43)44)30(38-27)13-25(17)37-29/h37-40H,5-16H2,1-4H3,(H,41,42)(H,43,44)(H,45,46)(H,47,48). The molecular weight excluding hydrogens is 616 g/mol. The second-order valence-corrected chi connectivity index (χ2v) is 13.0. The van der Waals surface area contributed by atoms with Gasteiger partial charge in [0.25, 0.3) is 0 Å². The lowest BCUT2D eigenvalue weighted by atomic mass is 9.96. The molecule has 1 aliphatic heterocycles. The number of H-pyrrole nitrogens is 4. The fraction of sp³-hybridized carbons (Fsp3) is 0.444. The number of aromatic amines is 4. The third kappa shape index (κ3) is 7.27. The zero-order valence-electron chi connectivity index (χ0n) is 27.9. The summed E-state index contributed by atoms with van der Waals surface area (Å²) in [5.74, 6) is -3.56. The number of nitrogens with one attached hydrogen (secondary N) is 4. The first kappa shape index (κ1) is 34.3. The molecule has 0 amide bonds. The first-order chi connectivity index (χ1) is 22.7. The van der Waals surface area contributed by atoms with Crippen molar-refractivity contribution in [2.45, 2.75) is 105 Å². The Bertz CT molecular complexity index is 1630. The second-order valence-electron chi connectivity index (χ2n) is 13.0. The van der Waals surface area contributed by atoms with Crippen LogP contribution in [-0.2, 0) is 70.5 Å². The zero-order chi connectivity index (χ0) is 34.9. The van der Waals surface area contributed by atoms with Crippen LogP contribution in [0, 0.1) is 27.7 Å². The second kappa shape index (κ2) is 14.0. The fourth-order valence-electron chi connectivity index (χ4n) is 7.34. The van der Waals surface area contributed by atoms with Gasteiger partial charge in [0.2, 0.25) is 0 Å². The maximum Gasteiger partial charge on any atom is 0.303 e. The van der Waals surface area contributed by atoms with E-state index >= 15 is 0 Å². The van der Waals surface area contributed by atoms with E-state index in [1.54, 1.807) is 0 Å². The van der Waals surface area contributed by atoms with Crippen molar-refractivity contribution in [3.8, 4) is 0 Å². The fourth-order valence-corrected chi connectivity index (χ4v) is 7.34. The molecule has 12 nitrogen and oxygen atoms in total. The molecule has 0 spiro atoms. The minimum absolute atomic E-state index is 0.0298. The third-order valence-corrected chi connectivity index (χ3v) is 10.1. The van der Waals surface area contributed by atoms with Crippen LogP contribution in [0.2, 0.25) is 0 Å². The van der Waals surface area contributed by atoms with E-state index in [9.17, 15) is 39.6 Å². The van der Waals surface area contributed by atoms with Crippen LogP contribution in [0.5, 0.6) is 0 Å². The highest BCUT2D eigenvalue weighted by Crippen LogP contribution is 2.33. The van der Waals surface area contributed by atoms with Crippen molar-refractivity contribution >= 4 is 23.9 Å². The Morgan fingerprint density at radius 2 is 0.583 bits per heavy atom. The number of hydrogen-bond donors (Lipinski definition) is 8. The molecule has 12 heteroatoms. The molecule has 0 saturated carbocycles. The van der Waals surface area contributed by atoms with E-state index in [2.05, 4.69) is 19.9 Å². The summed E-state index contributed by atoms with van der Waals surface area (Å²) >= 11 is 0. The van der Waals surface area contributed by atoms with E-state index in [1.807, 2.05) is 27.7 Å². The van der Waals surface area contributed by atoms with Crippen LogP contribution in [0.4, 0.5) is 0 Å². The van der Waals surface area contributed by atoms with Crippen LogP contribution >= 0.6 is 0 Å². The molecule has 0 radical (unpaired) electrons. The number of aromatic nitrogens is 4. The quantitative estimate of drug-likeness (QED) is 0.0912. The SMILES string of the molecule is Cc1c2[nH]c(c1CCC(=O)O)Cc1[nH]c(c(CCC(=O)O)c1C)Cc1[nH]c(c(CCC(=O)O)c1C)Cc1[nH]c(c(CCC(=O)O)c1C)C2. The Morgan fingerprint density at radius 1 is 0.396 bits per heavy atom. The summed E-state index contributed by atoms with van der Waals surface area (Å²) in [6.45, 7) is 7.93. The molecule has 0 atom stereocenters. The number of carboxylic acid groups (broad SMARTS) is 4. The molecule has 5 heterocycles. The van der Waals surface area contributed by atoms with Gasteiger partial charge in [0, 0.05) is 96.9 Å². The molecular formula is C36H44N4O8. The van der Waals surface area contributed by atoms with Gasteiger partial charge in [-0.15, -0.1) is 0 Å². The number of aliphatic carboxylic acids is 4. The van der Waals surface area contributed by atoms with Gasteiger partial charge in [-0.05, 0) is 97.9 Å². The lowest BCUT2D eigenvalue weighted by molar-refractivity contribution is -0.138. The van der Waals surface area contributed by atoms with Crippen molar-refractivity contribution in [2.75, 3.05) is 0 Å². The van der Waals surface area contributed by atoms with E-state index in [0.717, 1.165) is 90.1 Å². The van der Waals surface area contributed by atoms with Gasteiger partial charge in [0.05, 0.1) is 0 Å². The predicted molar refractivity (Wildman–Crippen MR) is 177 cm³/mol. The average Bonchev–Trinajstić information content (AvgIpc) is 3.66. The Morgan fingerprint density at radius 3 is 0.750 bits per heavy atom. The minimum Gasteiger partial charge on any atom is -0.481 e.